The molecule has 1 atom stereocenters. The summed E-state index contributed by atoms with van der Waals surface area (Å²) in [6, 6.07) is 25.7. The van der Waals surface area contributed by atoms with E-state index in [-0.39, 0.29) is 18.2 Å². The topological polar surface area (TPSA) is 73.8 Å². The van der Waals surface area contributed by atoms with E-state index < -0.39 is 6.04 Å². The van der Waals surface area contributed by atoms with E-state index in [1.165, 1.54) is 0 Å². The molecule has 0 unspecified atom stereocenters. The molecule has 0 saturated carbocycles. The maximum Gasteiger partial charge on any atom is 0.251 e. The molecule has 3 rings (SSSR count). The van der Waals surface area contributed by atoms with E-state index in [0.717, 1.165) is 16.8 Å². The summed E-state index contributed by atoms with van der Waals surface area (Å²) in [5.41, 5.74) is 5.91. The Morgan fingerprint density at radius 1 is 0.903 bits per heavy atom. The lowest BCUT2D eigenvalue weighted by Crippen LogP contribution is -2.32. The van der Waals surface area contributed by atoms with Gasteiger partial charge in [-0.3, -0.25) is 9.59 Å². The fourth-order valence-electron chi connectivity index (χ4n) is 3.04. The molecule has 6 nitrogen and oxygen atoms in total. The van der Waals surface area contributed by atoms with Crippen LogP contribution in [0.3, 0.4) is 0 Å². The molecular weight excluding hydrogens is 388 g/mol. The Balaban J connectivity index is 1.63. The lowest BCUT2D eigenvalue weighted by atomic mass is 10.0. The van der Waals surface area contributed by atoms with Crippen molar-refractivity contribution >= 4 is 23.7 Å². The van der Waals surface area contributed by atoms with Crippen molar-refractivity contribution in [2.75, 3.05) is 19.0 Å². The number of rotatable bonds is 8. The number of hydrazone groups is 1. The van der Waals surface area contributed by atoms with Crippen LogP contribution in [0.25, 0.3) is 0 Å². The molecule has 0 heterocycles. The molecule has 6 heteroatoms. The number of hydrogen-bond donors (Lipinski definition) is 2. The summed E-state index contributed by atoms with van der Waals surface area (Å²) in [6.45, 7) is 0. The molecule has 158 valence electrons. The van der Waals surface area contributed by atoms with Gasteiger partial charge in [-0.25, -0.2) is 5.43 Å². The molecule has 0 fully saturated rings. The smallest absolute Gasteiger partial charge is 0.251 e. The van der Waals surface area contributed by atoms with E-state index in [1.807, 2.05) is 79.7 Å². The first-order valence-electron chi connectivity index (χ1n) is 10.0. The van der Waals surface area contributed by atoms with Gasteiger partial charge < -0.3 is 10.2 Å². The van der Waals surface area contributed by atoms with Crippen LogP contribution in [0.4, 0.5) is 5.69 Å². The second-order valence-electron chi connectivity index (χ2n) is 7.29. The molecule has 3 aromatic rings. The van der Waals surface area contributed by atoms with Gasteiger partial charge in [0, 0.05) is 25.3 Å². The molecule has 31 heavy (non-hydrogen) atoms. The Morgan fingerprint density at radius 2 is 1.52 bits per heavy atom. The number of anilines is 1. The Labute approximate surface area is 182 Å². The van der Waals surface area contributed by atoms with Gasteiger partial charge in [0.15, 0.2) is 0 Å². The van der Waals surface area contributed by atoms with Crippen LogP contribution in [0.2, 0.25) is 0 Å². The zero-order valence-electron chi connectivity index (χ0n) is 17.7. The van der Waals surface area contributed by atoms with Crippen LogP contribution in [0, 0.1) is 0 Å². The number of benzene rings is 3. The fourth-order valence-corrected chi connectivity index (χ4v) is 3.04. The van der Waals surface area contributed by atoms with Gasteiger partial charge in [0.1, 0.15) is 0 Å². The summed E-state index contributed by atoms with van der Waals surface area (Å²) >= 11 is 0. The van der Waals surface area contributed by atoms with E-state index in [2.05, 4.69) is 15.8 Å². The second kappa shape index (κ2) is 10.7. The minimum Gasteiger partial charge on any atom is -0.378 e. The van der Waals surface area contributed by atoms with E-state index in [4.69, 9.17) is 0 Å². The molecule has 0 aromatic heterocycles. The summed E-state index contributed by atoms with van der Waals surface area (Å²) in [5.74, 6) is -0.518. The van der Waals surface area contributed by atoms with Crippen molar-refractivity contribution in [3.8, 4) is 0 Å². The normalized spacial score (nSPS) is 11.7. The highest BCUT2D eigenvalue weighted by molar-refractivity contribution is 5.94. The van der Waals surface area contributed by atoms with Gasteiger partial charge in [0.2, 0.25) is 5.91 Å². The van der Waals surface area contributed by atoms with Crippen LogP contribution in [-0.2, 0) is 4.79 Å². The first-order chi connectivity index (χ1) is 15.0. The molecular formula is C25H26N4O2. The average Bonchev–Trinajstić information content (AvgIpc) is 2.80. The fraction of sp³-hybridized carbons (Fsp3) is 0.160. The Hall–Kier alpha value is -3.93. The van der Waals surface area contributed by atoms with Gasteiger partial charge in [-0.1, -0.05) is 60.7 Å². The van der Waals surface area contributed by atoms with Crippen molar-refractivity contribution in [1.29, 1.82) is 0 Å². The third-order valence-electron chi connectivity index (χ3n) is 4.75. The lowest BCUT2D eigenvalue weighted by Gasteiger charge is -2.18. The van der Waals surface area contributed by atoms with Crippen molar-refractivity contribution in [3.05, 3.63) is 102 Å². The number of amides is 2. The van der Waals surface area contributed by atoms with Gasteiger partial charge in [-0.05, 0) is 35.4 Å². The maximum atomic E-state index is 12.6. The van der Waals surface area contributed by atoms with E-state index in [0.29, 0.717) is 5.56 Å². The Morgan fingerprint density at radius 3 is 2.13 bits per heavy atom. The monoisotopic (exact) mass is 414 g/mol. The van der Waals surface area contributed by atoms with E-state index >= 15 is 0 Å². The summed E-state index contributed by atoms with van der Waals surface area (Å²) in [4.78, 5) is 27.1. The lowest BCUT2D eigenvalue weighted by molar-refractivity contribution is -0.121. The molecule has 2 amide bonds. The van der Waals surface area contributed by atoms with Crippen molar-refractivity contribution in [3.63, 3.8) is 0 Å². The van der Waals surface area contributed by atoms with Crippen LogP contribution >= 0.6 is 0 Å². The molecule has 2 N–H and O–H groups in total. The molecule has 0 aliphatic rings. The second-order valence-corrected chi connectivity index (χ2v) is 7.29. The first kappa shape index (κ1) is 21.8. The SMILES string of the molecule is CN(C)c1ccc(C=NNC(=O)C[C@H](NC(=O)c2ccccc2)c2ccccc2)cc1. The number of carbonyl (C=O) groups is 2. The van der Waals surface area contributed by atoms with Crippen LogP contribution < -0.4 is 15.6 Å². The minimum atomic E-state index is -0.469. The quantitative estimate of drug-likeness (QED) is 0.435. The zero-order chi connectivity index (χ0) is 22.1. The molecule has 0 aliphatic heterocycles. The average molecular weight is 415 g/mol. The third kappa shape index (κ3) is 6.54. The summed E-state index contributed by atoms with van der Waals surface area (Å²) in [5, 5.41) is 7.00. The van der Waals surface area contributed by atoms with Gasteiger partial charge >= 0.3 is 0 Å². The highest BCUT2D eigenvalue weighted by Crippen LogP contribution is 2.17. The predicted octanol–water partition coefficient (Wildman–Crippen LogP) is 3.76. The van der Waals surface area contributed by atoms with E-state index in [1.54, 1.807) is 30.5 Å². The number of hydrogen-bond acceptors (Lipinski definition) is 4. The molecule has 0 bridgehead atoms. The van der Waals surface area contributed by atoms with Gasteiger partial charge in [-0.15, -0.1) is 0 Å². The van der Waals surface area contributed by atoms with Crippen molar-refractivity contribution in [2.45, 2.75) is 12.5 Å². The third-order valence-corrected chi connectivity index (χ3v) is 4.75. The Kier molecular flexibility index (Phi) is 7.54. The summed E-state index contributed by atoms with van der Waals surface area (Å²) < 4.78 is 0. The first-order valence-corrected chi connectivity index (χ1v) is 10.0. The van der Waals surface area contributed by atoms with Crippen LogP contribution in [0.1, 0.15) is 33.9 Å². The van der Waals surface area contributed by atoms with Crippen LogP contribution in [0.5, 0.6) is 0 Å². The van der Waals surface area contributed by atoms with Crippen molar-refractivity contribution in [2.24, 2.45) is 5.10 Å². The molecule has 3 aromatic carbocycles. The molecule has 0 spiro atoms. The standard InChI is InChI=1S/C25H26N4O2/c1-29(2)22-15-13-19(14-16-22)18-26-28-24(30)17-23(20-9-5-3-6-10-20)27-25(31)21-11-7-4-8-12-21/h3-16,18,23H,17H2,1-2H3,(H,27,31)(H,28,30)/t23-/m0/s1. The van der Waals surface area contributed by atoms with Crippen molar-refractivity contribution in [1.82, 2.24) is 10.7 Å². The largest absolute Gasteiger partial charge is 0.378 e. The predicted molar refractivity (Wildman–Crippen MR) is 124 cm³/mol. The number of nitrogens with one attached hydrogen (secondary N) is 2. The van der Waals surface area contributed by atoms with Crippen LogP contribution in [0.15, 0.2) is 90.0 Å². The van der Waals surface area contributed by atoms with Gasteiger partial charge in [0.05, 0.1) is 18.7 Å². The zero-order valence-corrected chi connectivity index (χ0v) is 17.7. The molecule has 0 saturated heterocycles. The molecule has 0 aliphatic carbocycles. The Bertz CT molecular complexity index is 1020. The number of nitrogens with zero attached hydrogens (tertiary/aromatic N) is 2. The van der Waals surface area contributed by atoms with Crippen LogP contribution in [-0.4, -0.2) is 32.1 Å². The molecule has 0 radical (unpaired) electrons. The van der Waals surface area contributed by atoms with Gasteiger partial charge in [-0.2, -0.15) is 5.10 Å². The van der Waals surface area contributed by atoms with Crippen molar-refractivity contribution < 1.29 is 9.59 Å². The summed E-state index contributed by atoms with van der Waals surface area (Å²) in [6.07, 6.45) is 1.66. The number of carbonyl (C=O) groups excluding carboxylic acids is 2. The summed E-state index contributed by atoms with van der Waals surface area (Å²) in [7, 11) is 3.95. The highest BCUT2D eigenvalue weighted by Gasteiger charge is 2.19. The maximum absolute atomic E-state index is 12.6. The minimum absolute atomic E-state index is 0.0689. The van der Waals surface area contributed by atoms with Gasteiger partial charge in [0.25, 0.3) is 5.91 Å². The van der Waals surface area contributed by atoms with E-state index in [9.17, 15) is 9.59 Å². The highest BCUT2D eigenvalue weighted by atomic mass is 16.2.